The van der Waals surface area contributed by atoms with E-state index in [1.807, 2.05) is 43.0 Å². The maximum absolute atomic E-state index is 5.67. The third-order valence-electron chi connectivity index (χ3n) is 1.86. The van der Waals surface area contributed by atoms with E-state index in [9.17, 15) is 0 Å². The van der Waals surface area contributed by atoms with Gasteiger partial charge >= 0.3 is 9.28 Å². The molecule has 2 rings (SSSR count). The molecule has 13 heavy (non-hydrogen) atoms. The average molecular weight is 191 g/mol. The van der Waals surface area contributed by atoms with Gasteiger partial charge in [-0.3, -0.25) is 0 Å². The van der Waals surface area contributed by atoms with Crippen molar-refractivity contribution in [3.8, 4) is 5.75 Å². The Hall–Kier alpha value is -1.06. The summed E-state index contributed by atoms with van der Waals surface area (Å²) in [6.07, 6.45) is 1.97. The monoisotopic (exact) mass is 191 g/mol. The highest BCUT2D eigenvalue weighted by Crippen LogP contribution is 2.24. The van der Waals surface area contributed by atoms with Gasteiger partial charge in [0, 0.05) is 5.56 Å². The van der Waals surface area contributed by atoms with Crippen LogP contribution in [-0.2, 0) is 11.0 Å². The molecule has 1 aliphatic rings. The van der Waals surface area contributed by atoms with Gasteiger partial charge in [-0.1, -0.05) is 24.3 Å². The second-order valence-corrected chi connectivity index (χ2v) is 4.28. The standard InChI is InChI=1S/C10H11O2Si/c1-2-7-13-11-8-9-5-3-4-6-10(9)12-13/h2-7H,8H2,1H3. The highest BCUT2D eigenvalue weighted by molar-refractivity contribution is 6.51. The van der Waals surface area contributed by atoms with Gasteiger partial charge in [-0.2, -0.15) is 0 Å². The van der Waals surface area contributed by atoms with Crippen LogP contribution in [0.15, 0.2) is 36.0 Å². The molecule has 67 valence electrons. The molecule has 0 aliphatic carbocycles. The molecule has 0 N–H and O–H groups in total. The first kappa shape index (κ1) is 8.53. The predicted molar refractivity (Wildman–Crippen MR) is 52.4 cm³/mol. The molecule has 0 saturated carbocycles. The smallest absolute Gasteiger partial charge is 0.489 e. The van der Waals surface area contributed by atoms with Gasteiger partial charge in [0.05, 0.1) is 6.61 Å². The van der Waals surface area contributed by atoms with Gasteiger partial charge in [0.2, 0.25) is 0 Å². The summed E-state index contributed by atoms with van der Waals surface area (Å²) in [5.41, 5.74) is 3.14. The Bertz CT molecular complexity index is 322. The summed E-state index contributed by atoms with van der Waals surface area (Å²) < 4.78 is 11.2. The highest BCUT2D eigenvalue weighted by Gasteiger charge is 2.21. The van der Waals surface area contributed by atoms with E-state index in [0.717, 1.165) is 11.3 Å². The molecular formula is C10H11O2Si. The Kier molecular flexibility index (Phi) is 2.47. The number of fused-ring (bicyclic) bond motifs is 1. The van der Waals surface area contributed by atoms with Crippen LogP contribution in [0, 0.1) is 0 Å². The van der Waals surface area contributed by atoms with Gasteiger partial charge in [0.15, 0.2) is 0 Å². The molecule has 2 nitrogen and oxygen atoms in total. The number of rotatable bonds is 1. The van der Waals surface area contributed by atoms with Crippen LogP contribution in [-0.4, -0.2) is 9.28 Å². The summed E-state index contributed by atoms with van der Waals surface area (Å²) in [5, 5.41) is 0. The fourth-order valence-corrected chi connectivity index (χ4v) is 2.44. The van der Waals surface area contributed by atoms with Crippen LogP contribution in [0.5, 0.6) is 5.75 Å². The molecule has 0 amide bonds. The molecule has 0 fully saturated rings. The third-order valence-corrected chi connectivity index (χ3v) is 3.31. The molecule has 1 heterocycles. The van der Waals surface area contributed by atoms with Crippen LogP contribution >= 0.6 is 0 Å². The predicted octanol–water partition coefficient (Wildman–Crippen LogP) is 2.20. The van der Waals surface area contributed by atoms with Crippen LogP contribution in [0.25, 0.3) is 0 Å². The molecule has 3 heteroatoms. The molecule has 1 aromatic carbocycles. The number of benzene rings is 1. The van der Waals surface area contributed by atoms with Crippen molar-refractivity contribution < 1.29 is 8.85 Å². The minimum Gasteiger partial charge on any atom is -0.516 e. The average Bonchev–Trinajstić information content (AvgIpc) is 2.18. The summed E-state index contributed by atoms with van der Waals surface area (Å²) in [6.45, 7) is 2.65. The third kappa shape index (κ3) is 1.82. The first-order chi connectivity index (χ1) is 6.40. The quantitative estimate of drug-likeness (QED) is 0.634. The maximum atomic E-state index is 5.67. The minimum absolute atomic E-state index is 0.675. The molecular weight excluding hydrogens is 180 g/mol. The van der Waals surface area contributed by atoms with Crippen molar-refractivity contribution in [2.24, 2.45) is 0 Å². The molecule has 0 spiro atoms. The summed E-state index contributed by atoms with van der Waals surface area (Å²) in [6, 6.07) is 8.01. The lowest BCUT2D eigenvalue weighted by molar-refractivity contribution is 0.237. The first-order valence-corrected chi connectivity index (χ1v) is 5.68. The lowest BCUT2D eigenvalue weighted by Gasteiger charge is -2.21. The summed E-state index contributed by atoms with van der Waals surface area (Å²) in [5.74, 6) is 0.973. The molecule has 1 aromatic rings. The van der Waals surface area contributed by atoms with Crippen LogP contribution in [0.3, 0.4) is 0 Å². The summed E-state index contributed by atoms with van der Waals surface area (Å²) in [7, 11) is -1.19. The largest absolute Gasteiger partial charge is 0.516 e. The minimum atomic E-state index is -1.19. The Balaban J connectivity index is 2.19. The SMILES string of the molecule is CC=C[Si]1OCc2ccccc2O1. The fraction of sp³-hybridized carbons (Fsp3) is 0.200. The molecule has 0 saturated heterocycles. The van der Waals surface area contributed by atoms with Gasteiger partial charge in [-0.25, -0.2) is 0 Å². The van der Waals surface area contributed by atoms with Gasteiger partial charge in [0.25, 0.3) is 0 Å². The second kappa shape index (κ2) is 3.76. The maximum Gasteiger partial charge on any atom is 0.489 e. The topological polar surface area (TPSA) is 18.5 Å². The molecule has 0 atom stereocenters. The van der Waals surface area contributed by atoms with Crippen molar-refractivity contribution in [2.75, 3.05) is 0 Å². The van der Waals surface area contributed by atoms with Crippen LogP contribution in [0.2, 0.25) is 0 Å². The van der Waals surface area contributed by atoms with Crippen molar-refractivity contribution in [1.29, 1.82) is 0 Å². The van der Waals surface area contributed by atoms with E-state index in [0.29, 0.717) is 6.61 Å². The molecule has 0 unspecified atom stereocenters. The van der Waals surface area contributed by atoms with E-state index in [-0.39, 0.29) is 0 Å². The van der Waals surface area contributed by atoms with Crippen LogP contribution in [0.4, 0.5) is 0 Å². The summed E-state index contributed by atoms with van der Waals surface area (Å²) >= 11 is 0. The van der Waals surface area contributed by atoms with Crippen molar-refractivity contribution in [3.63, 3.8) is 0 Å². The van der Waals surface area contributed by atoms with Crippen molar-refractivity contribution in [3.05, 3.63) is 41.6 Å². The van der Waals surface area contributed by atoms with Crippen molar-refractivity contribution >= 4 is 9.28 Å². The first-order valence-electron chi connectivity index (χ1n) is 4.28. The Morgan fingerprint density at radius 3 is 3.08 bits per heavy atom. The zero-order valence-corrected chi connectivity index (χ0v) is 8.49. The van der Waals surface area contributed by atoms with Gasteiger partial charge in [0.1, 0.15) is 5.75 Å². The lowest BCUT2D eigenvalue weighted by atomic mass is 10.2. The molecule has 0 aromatic heterocycles. The Labute approximate surface area is 79.6 Å². The fourth-order valence-electron chi connectivity index (χ4n) is 1.23. The van der Waals surface area contributed by atoms with Crippen LogP contribution in [0.1, 0.15) is 12.5 Å². The number of hydrogen-bond acceptors (Lipinski definition) is 2. The van der Waals surface area contributed by atoms with E-state index in [2.05, 4.69) is 0 Å². The van der Waals surface area contributed by atoms with Gasteiger partial charge < -0.3 is 8.85 Å². The summed E-state index contributed by atoms with van der Waals surface area (Å²) in [4.78, 5) is 0. The zero-order chi connectivity index (χ0) is 9.10. The van der Waals surface area contributed by atoms with E-state index in [1.165, 1.54) is 0 Å². The second-order valence-electron chi connectivity index (χ2n) is 2.82. The Morgan fingerprint density at radius 1 is 1.38 bits per heavy atom. The van der Waals surface area contributed by atoms with E-state index in [1.54, 1.807) is 0 Å². The van der Waals surface area contributed by atoms with E-state index in [4.69, 9.17) is 8.85 Å². The molecule has 1 aliphatic heterocycles. The van der Waals surface area contributed by atoms with Gasteiger partial charge in [-0.05, 0) is 18.7 Å². The van der Waals surface area contributed by atoms with E-state index >= 15 is 0 Å². The highest BCUT2D eigenvalue weighted by atomic mass is 28.3. The zero-order valence-electron chi connectivity index (χ0n) is 7.49. The lowest BCUT2D eigenvalue weighted by Crippen LogP contribution is -2.28. The number of allylic oxidation sites excluding steroid dienone is 1. The normalized spacial score (nSPS) is 17.0. The van der Waals surface area contributed by atoms with Gasteiger partial charge in [-0.15, -0.1) is 0 Å². The van der Waals surface area contributed by atoms with Crippen LogP contribution < -0.4 is 4.43 Å². The number of hydrogen-bond donors (Lipinski definition) is 0. The molecule has 0 bridgehead atoms. The molecule has 1 radical (unpaired) electrons. The van der Waals surface area contributed by atoms with E-state index < -0.39 is 9.28 Å². The number of para-hydroxylation sites is 1. The Morgan fingerprint density at radius 2 is 2.23 bits per heavy atom. The van der Waals surface area contributed by atoms with Crippen molar-refractivity contribution in [1.82, 2.24) is 0 Å². The van der Waals surface area contributed by atoms with Crippen molar-refractivity contribution in [2.45, 2.75) is 13.5 Å².